The molecule has 0 spiro atoms. The molecule has 0 saturated heterocycles. The van der Waals surface area contributed by atoms with Crippen molar-refractivity contribution in [2.24, 2.45) is 39.4 Å². The first-order chi connectivity index (χ1) is 13.9. The monoisotopic (exact) mass is 414 g/mol. The fraction of sp³-hybridized carbons (Fsp3) is 0.815. The zero-order chi connectivity index (χ0) is 22.1. The van der Waals surface area contributed by atoms with Gasteiger partial charge in [-0.1, -0.05) is 58.8 Å². The lowest BCUT2D eigenvalue weighted by Crippen LogP contribution is -2.55. The first kappa shape index (κ1) is 22.1. The molecule has 168 valence electrons. The summed E-state index contributed by atoms with van der Waals surface area (Å²) in [6, 6.07) is 0. The Hall–Kier alpha value is -1.09. The van der Waals surface area contributed by atoms with Gasteiger partial charge < -0.3 is 10.2 Å². The minimum Gasteiger partial charge on any atom is -0.478 e. The molecule has 2 N–H and O–H groups in total. The van der Waals surface area contributed by atoms with Crippen LogP contribution in [0.1, 0.15) is 92.9 Å². The van der Waals surface area contributed by atoms with E-state index in [1.54, 1.807) is 11.1 Å². The Morgan fingerprint density at radius 2 is 1.70 bits per heavy atom. The lowest BCUT2D eigenvalue weighted by Gasteiger charge is -2.62. The van der Waals surface area contributed by atoms with Crippen molar-refractivity contribution < 1.29 is 15.0 Å². The maximum Gasteiger partial charge on any atom is 0.327 e. The van der Waals surface area contributed by atoms with Crippen molar-refractivity contribution in [2.45, 2.75) is 99.0 Å². The summed E-state index contributed by atoms with van der Waals surface area (Å²) in [5, 5.41) is 19.8. The van der Waals surface area contributed by atoms with E-state index in [4.69, 9.17) is 5.11 Å². The lowest BCUT2D eigenvalue weighted by molar-refractivity contribution is -0.131. The lowest BCUT2D eigenvalue weighted by atomic mass is 9.43. The molecule has 0 aromatic carbocycles. The molecule has 4 aliphatic rings. The van der Waals surface area contributed by atoms with Crippen LogP contribution < -0.4 is 0 Å². The van der Waals surface area contributed by atoms with Crippen molar-refractivity contribution in [3.05, 3.63) is 23.3 Å². The van der Waals surface area contributed by atoms with Gasteiger partial charge >= 0.3 is 5.97 Å². The Morgan fingerprint density at radius 1 is 1.00 bits per heavy atom. The van der Waals surface area contributed by atoms with Gasteiger partial charge in [0.05, 0.1) is 6.10 Å². The molecule has 0 aliphatic heterocycles. The van der Waals surface area contributed by atoms with Gasteiger partial charge in [-0.15, -0.1) is 0 Å². The second-order valence-corrected chi connectivity index (χ2v) is 12.3. The summed E-state index contributed by atoms with van der Waals surface area (Å²) in [4.78, 5) is 11.1. The minimum atomic E-state index is -0.838. The van der Waals surface area contributed by atoms with Crippen LogP contribution in [0, 0.1) is 39.4 Å². The number of hydrogen-bond acceptors (Lipinski definition) is 2. The summed E-state index contributed by atoms with van der Waals surface area (Å²) < 4.78 is 0. The second kappa shape index (κ2) is 6.95. The van der Waals surface area contributed by atoms with Gasteiger partial charge in [-0.05, 0) is 90.8 Å². The molecule has 0 heterocycles. The topological polar surface area (TPSA) is 57.5 Å². The van der Waals surface area contributed by atoms with E-state index in [0.717, 1.165) is 12.8 Å². The highest BCUT2D eigenvalue weighted by molar-refractivity contribution is 5.79. The van der Waals surface area contributed by atoms with Crippen LogP contribution in [0.3, 0.4) is 0 Å². The van der Waals surface area contributed by atoms with Crippen LogP contribution in [-0.4, -0.2) is 22.3 Å². The number of carboxylic acid groups (broad SMARTS) is 1. The second-order valence-electron chi connectivity index (χ2n) is 12.3. The molecule has 7 atom stereocenters. The van der Waals surface area contributed by atoms with Gasteiger partial charge in [0.2, 0.25) is 0 Å². The van der Waals surface area contributed by atoms with Crippen LogP contribution in [-0.2, 0) is 4.79 Å². The highest BCUT2D eigenvalue weighted by Gasteiger charge is 2.63. The van der Waals surface area contributed by atoms with Crippen LogP contribution in [0.15, 0.2) is 23.3 Å². The molecular weight excluding hydrogens is 372 g/mol. The van der Waals surface area contributed by atoms with Crippen molar-refractivity contribution in [1.82, 2.24) is 0 Å². The molecule has 0 aromatic heterocycles. The largest absolute Gasteiger partial charge is 0.478 e. The van der Waals surface area contributed by atoms with Gasteiger partial charge in [0, 0.05) is 6.08 Å². The molecule has 0 aromatic rings. The van der Waals surface area contributed by atoms with E-state index >= 15 is 0 Å². The standard InChI is InChI=1S/C27H42O3/c1-17(7-10-23(29)30)18-11-15-27(6)20-8-9-21-24(2,3)22(28)13-14-25(21,4)19(20)12-16-26(18,27)5/h7,10,17-18,21-22,28H,8-9,11-16H2,1-6H3,(H,29,30)/b10-7+/t17-,18-,21+,22+,25-,26-,27+/m1/s1. The highest BCUT2D eigenvalue weighted by Crippen LogP contribution is 2.72. The Labute approximate surface area is 183 Å². The predicted molar refractivity (Wildman–Crippen MR) is 121 cm³/mol. The number of fused-ring (bicyclic) bond motifs is 4. The van der Waals surface area contributed by atoms with Crippen molar-refractivity contribution in [3.8, 4) is 0 Å². The highest BCUT2D eigenvalue weighted by atomic mass is 16.4. The number of carboxylic acids is 1. The summed E-state index contributed by atoms with van der Waals surface area (Å²) in [5.41, 5.74) is 4.17. The summed E-state index contributed by atoms with van der Waals surface area (Å²) in [6.45, 7) is 14.3. The van der Waals surface area contributed by atoms with Crippen LogP contribution in [0.4, 0.5) is 0 Å². The Balaban J connectivity index is 1.72. The first-order valence-corrected chi connectivity index (χ1v) is 12.2. The normalized spacial score (nSPS) is 46.3. The van der Waals surface area contributed by atoms with Gasteiger partial charge in [0.15, 0.2) is 0 Å². The number of hydrogen-bond donors (Lipinski definition) is 2. The molecule has 3 nitrogen and oxygen atoms in total. The Bertz CT molecular complexity index is 792. The van der Waals surface area contributed by atoms with E-state index in [9.17, 15) is 9.90 Å². The minimum absolute atomic E-state index is 0.0124. The Morgan fingerprint density at radius 3 is 2.37 bits per heavy atom. The average molecular weight is 415 g/mol. The summed E-state index contributed by atoms with van der Waals surface area (Å²) >= 11 is 0. The maximum absolute atomic E-state index is 11.1. The third-order valence-corrected chi connectivity index (χ3v) is 11.0. The smallest absolute Gasteiger partial charge is 0.327 e. The van der Waals surface area contributed by atoms with E-state index in [-0.39, 0.29) is 27.8 Å². The molecule has 3 heteroatoms. The summed E-state index contributed by atoms with van der Waals surface area (Å²) in [5.74, 6) is 0.567. The Kier molecular flexibility index (Phi) is 5.13. The fourth-order valence-corrected chi connectivity index (χ4v) is 8.93. The van der Waals surface area contributed by atoms with E-state index in [0.29, 0.717) is 17.8 Å². The molecule has 0 unspecified atom stereocenters. The zero-order valence-electron chi connectivity index (χ0n) is 19.9. The summed E-state index contributed by atoms with van der Waals surface area (Å²) in [6.07, 6.45) is 12.3. The van der Waals surface area contributed by atoms with Crippen molar-refractivity contribution in [3.63, 3.8) is 0 Å². The quantitative estimate of drug-likeness (QED) is 0.416. The van der Waals surface area contributed by atoms with E-state index in [1.165, 1.54) is 44.6 Å². The number of allylic oxidation sites excluding steroid dienone is 3. The first-order valence-electron chi connectivity index (χ1n) is 12.2. The van der Waals surface area contributed by atoms with Gasteiger partial charge in [0.25, 0.3) is 0 Å². The molecule has 2 fully saturated rings. The molecule has 0 amide bonds. The molecule has 0 radical (unpaired) electrons. The number of aliphatic hydroxyl groups excluding tert-OH is 1. The number of rotatable bonds is 3. The third kappa shape index (κ3) is 2.83. The molecule has 2 saturated carbocycles. The molecule has 4 aliphatic carbocycles. The van der Waals surface area contributed by atoms with Crippen molar-refractivity contribution >= 4 is 5.97 Å². The average Bonchev–Trinajstić information content (AvgIpc) is 2.95. The SMILES string of the molecule is C[C@H](/C=C/C(=O)O)[C@H]1CC[C@@]2(C)C3=C(CC[C@]12C)[C@@]1(C)CC[C@H](O)C(C)(C)[C@@H]1CC3. The third-order valence-electron chi connectivity index (χ3n) is 11.0. The molecular formula is C27H42O3. The van der Waals surface area contributed by atoms with Gasteiger partial charge in [0.1, 0.15) is 0 Å². The fourth-order valence-electron chi connectivity index (χ4n) is 8.93. The van der Waals surface area contributed by atoms with Crippen molar-refractivity contribution in [1.29, 1.82) is 0 Å². The van der Waals surface area contributed by atoms with Crippen LogP contribution in [0.25, 0.3) is 0 Å². The van der Waals surface area contributed by atoms with Gasteiger partial charge in [-0.25, -0.2) is 4.79 Å². The number of aliphatic hydroxyl groups is 1. The van der Waals surface area contributed by atoms with E-state index in [2.05, 4.69) is 41.5 Å². The van der Waals surface area contributed by atoms with E-state index in [1.807, 2.05) is 6.08 Å². The van der Waals surface area contributed by atoms with Crippen molar-refractivity contribution in [2.75, 3.05) is 0 Å². The number of aliphatic carboxylic acids is 1. The van der Waals surface area contributed by atoms with Crippen LogP contribution >= 0.6 is 0 Å². The maximum atomic E-state index is 11.1. The molecule has 4 rings (SSSR count). The van der Waals surface area contributed by atoms with Gasteiger partial charge in [-0.2, -0.15) is 0 Å². The van der Waals surface area contributed by atoms with Crippen LogP contribution in [0.5, 0.6) is 0 Å². The predicted octanol–water partition coefficient (Wildman–Crippen LogP) is 6.37. The van der Waals surface area contributed by atoms with E-state index < -0.39 is 5.97 Å². The molecule has 30 heavy (non-hydrogen) atoms. The van der Waals surface area contributed by atoms with Gasteiger partial charge in [-0.3, -0.25) is 0 Å². The number of carbonyl (C=O) groups is 1. The van der Waals surface area contributed by atoms with Crippen LogP contribution in [0.2, 0.25) is 0 Å². The summed E-state index contributed by atoms with van der Waals surface area (Å²) in [7, 11) is 0. The molecule has 0 bridgehead atoms. The zero-order valence-corrected chi connectivity index (χ0v) is 19.9.